The van der Waals surface area contributed by atoms with Crippen LogP contribution in [0.25, 0.3) is 0 Å². The van der Waals surface area contributed by atoms with E-state index in [1.54, 1.807) is 0 Å². The summed E-state index contributed by atoms with van der Waals surface area (Å²) in [5, 5.41) is 3.04. The Labute approximate surface area is 129 Å². The number of rotatable bonds is 8. The summed E-state index contributed by atoms with van der Waals surface area (Å²) in [7, 11) is 0. The molecule has 2 unspecified atom stereocenters. The van der Waals surface area contributed by atoms with E-state index in [4.69, 9.17) is 10.5 Å². The highest BCUT2D eigenvalue weighted by Crippen LogP contribution is 2.13. The van der Waals surface area contributed by atoms with Crippen molar-refractivity contribution in [3.05, 3.63) is 0 Å². The van der Waals surface area contributed by atoms with Gasteiger partial charge >= 0.3 is 0 Å². The number of morpholine rings is 1. The van der Waals surface area contributed by atoms with Crippen molar-refractivity contribution in [2.75, 3.05) is 32.8 Å². The van der Waals surface area contributed by atoms with Gasteiger partial charge in [-0.05, 0) is 24.7 Å². The minimum Gasteiger partial charge on any atom is -0.379 e. The Morgan fingerprint density at radius 3 is 2.24 bits per heavy atom. The van der Waals surface area contributed by atoms with Crippen LogP contribution in [0, 0.1) is 11.8 Å². The Kier molecular flexibility index (Phi) is 8.22. The van der Waals surface area contributed by atoms with E-state index in [0.717, 1.165) is 39.1 Å². The summed E-state index contributed by atoms with van der Waals surface area (Å²) in [5.74, 6) is 1.03. The van der Waals surface area contributed by atoms with E-state index in [-0.39, 0.29) is 5.91 Å². The van der Waals surface area contributed by atoms with Crippen molar-refractivity contribution >= 4 is 5.91 Å². The lowest BCUT2D eigenvalue weighted by Crippen LogP contribution is -2.51. The average molecular weight is 299 g/mol. The maximum absolute atomic E-state index is 12.1. The average Bonchev–Trinajstić information content (AvgIpc) is 2.42. The third kappa shape index (κ3) is 7.25. The van der Waals surface area contributed by atoms with E-state index in [0.29, 0.717) is 24.4 Å². The molecule has 0 saturated carbocycles. The molecule has 1 aliphatic heterocycles. The fraction of sp³-hybridized carbons (Fsp3) is 0.938. The van der Waals surface area contributed by atoms with Gasteiger partial charge in [-0.1, -0.05) is 27.7 Å². The zero-order valence-corrected chi connectivity index (χ0v) is 14.1. The van der Waals surface area contributed by atoms with Crippen LogP contribution in [-0.2, 0) is 9.53 Å². The van der Waals surface area contributed by atoms with Crippen LogP contribution in [0.5, 0.6) is 0 Å². The van der Waals surface area contributed by atoms with E-state index >= 15 is 0 Å². The molecule has 0 radical (unpaired) electrons. The molecule has 0 aromatic rings. The third-order valence-electron chi connectivity index (χ3n) is 3.88. The second-order valence-corrected chi connectivity index (χ2v) is 6.91. The maximum Gasteiger partial charge on any atom is 0.236 e. The van der Waals surface area contributed by atoms with Crippen LogP contribution in [0.4, 0.5) is 0 Å². The van der Waals surface area contributed by atoms with Crippen molar-refractivity contribution in [1.29, 1.82) is 0 Å². The van der Waals surface area contributed by atoms with Crippen molar-refractivity contribution in [3.63, 3.8) is 0 Å². The summed E-state index contributed by atoms with van der Waals surface area (Å²) in [6.45, 7) is 12.8. The van der Waals surface area contributed by atoms with Gasteiger partial charge in [-0.3, -0.25) is 9.69 Å². The van der Waals surface area contributed by atoms with Gasteiger partial charge in [-0.15, -0.1) is 0 Å². The molecule has 0 aromatic heterocycles. The highest BCUT2D eigenvalue weighted by molar-refractivity contribution is 5.81. The van der Waals surface area contributed by atoms with E-state index in [1.165, 1.54) is 0 Å². The molecule has 0 aliphatic carbocycles. The Balaban J connectivity index is 2.46. The third-order valence-corrected chi connectivity index (χ3v) is 3.88. The molecule has 0 bridgehead atoms. The molecule has 1 amide bonds. The molecule has 1 fully saturated rings. The van der Waals surface area contributed by atoms with Gasteiger partial charge in [-0.2, -0.15) is 0 Å². The fourth-order valence-electron chi connectivity index (χ4n) is 2.81. The van der Waals surface area contributed by atoms with E-state index in [1.807, 2.05) is 0 Å². The number of carbonyl (C=O) groups is 1. The summed E-state index contributed by atoms with van der Waals surface area (Å²) in [5.41, 5.74) is 5.94. The minimum atomic E-state index is -0.394. The normalized spacial score (nSPS) is 19.8. The first-order valence-corrected chi connectivity index (χ1v) is 8.25. The molecule has 2 atom stereocenters. The quantitative estimate of drug-likeness (QED) is 0.707. The SMILES string of the molecule is CC(C)CC(N)C(=O)NCC(CC(C)C)N1CCOCC1. The van der Waals surface area contributed by atoms with Gasteiger partial charge in [0.25, 0.3) is 0 Å². The van der Waals surface area contributed by atoms with Gasteiger partial charge in [0, 0.05) is 25.7 Å². The minimum absolute atomic E-state index is 0.0225. The van der Waals surface area contributed by atoms with Crippen LogP contribution in [-0.4, -0.2) is 55.7 Å². The summed E-state index contributed by atoms with van der Waals surface area (Å²) in [6, 6.07) is -0.0153. The molecule has 5 heteroatoms. The van der Waals surface area contributed by atoms with Crippen molar-refractivity contribution in [2.45, 2.75) is 52.6 Å². The van der Waals surface area contributed by atoms with E-state index in [2.05, 4.69) is 37.9 Å². The highest BCUT2D eigenvalue weighted by atomic mass is 16.5. The largest absolute Gasteiger partial charge is 0.379 e. The standard InChI is InChI=1S/C16H33N3O2/c1-12(2)9-14(19-5-7-21-8-6-19)11-18-16(20)15(17)10-13(3)4/h12-15H,5-11,17H2,1-4H3,(H,18,20). The molecule has 3 N–H and O–H groups in total. The number of nitrogens with two attached hydrogens (primary N) is 1. The topological polar surface area (TPSA) is 67.6 Å². The fourth-order valence-corrected chi connectivity index (χ4v) is 2.81. The molecule has 124 valence electrons. The Morgan fingerprint density at radius 2 is 1.71 bits per heavy atom. The lowest BCUT2D eigenvalue weighted by molar-refractivity contribution is -0.123. The van der Waals surface area contributed by atoms with Gasteiger partial charge in [0.2, 0.25) is 5.91 Å². The molecule has 1 heterocycles. The second kappa shape index (κ2) is 9.38. The molecule has 21 heavy (non-hydrogen) atoms. The van der Waals surface area contributed by atoms with E-state index in [9.17, 15) is 4.79 Å². The number of carbonyl (C=O) groups excluding carboxylic acids is 1. The molecular weight excluding hydrogens is 266 g/mol. The molecule has 1 rings (SSSR count). The monoisotopic (exact) mass is 299 g/mol. The molecule has 1 aliphatic rings. The van der Waals surface area contributed by atoms with Gasteiger partial charge in [0.1, 0.15) is 0 Å². The highest BCUT2D eigenvalue weighted by Gasteiger charge is 2.23. The lowest BCUT2D eigenvalue weighted by atomic mass is 10.0. The first-order chi connectivity index (χ1) is 9.90. The van der Waals surface area contributed by atoms with Crippen LogP contribution in [0.3, 0.4) is 0 Å². The van der Waals surface area contributed by atoms with Crippen LogP contribution in [0.1, 0.15) is 40.5 Å². The van der Waals surface area contributed by atoms with Crippen molar-refractivity contribution < 1.29 is 9.53 Å². The van der Waals surface area contributed by atoms with E-state index < -0.39 is 6.04 Å². The first-order valence-electron chi connectivity index (χ1n) is 8.25. The number of nitrogens with one attached hydrogen (secondary N) is 1. The van der Waals surface area contributed by atoms with Gasteiger partial charge < -0.3 is 15.8 Å². The molecule has 1 saturated heterocycles. The summed E-state index contributed by atoms with van der Waals surface area (Å²) in [4.78, 5) is 14.5. The summed E-state index contributed by atoms with van der Waals surface area (Å²) >= 11 is 0. The lowest BCUT2D eigenvalue weighted by Gasteiger charge is -2.35. The van der Waals surface area contributed by atoms with Gasteiger partial charge in [0.15, 0.2) is 0 Å². The predicted octanol–water partition coefficient (Wildman–Crippen LogP) is 1.22. The molecule has 5 nitrogen and oxygen atoms in total. The second-order valence-electron chi connectivity index (χ2n) is 6.91. The Hall–Kier alpha value is -0.650. The van der Waals surface area contributed by atoms with Gasteiger partial charge in [0.05, 0.1) is 19.3 Å². The number of nitrogens with zero attached hydrogens (tertiary/aromatic N) is 1. The Bertz CT molecular complexity index is 302. The number of hydrogen-bond acceptors (Lipinski definition) is 4. The van der Waals surface area contributed by atoms with Crippen LogP contribution in [0.15, 0.2) is 0 Å². The summed E-state index contributed by atoms with van der Waals surface area (Å²) < 4.78 is 5.41. The van der Waals surface area contributed by atoms with Crippen LogP contribution in [0.2, 0.25) is 0 Å². The van der Waals surface area contributed by atoms with Crippen molar-refractivity contribution in [1.82, 2.24) is 10.2 Å². The smallest absolute Gasteiger partial charge is 0.236 e. The first kappa shape index (κ1) is 18.4. The number of hydrogen-bond donors (Lipinski definition) is 2. The zero-order valence-electron chi connectivity index (χ0n) is 14.1. The van der Waals surface area contributed by atoms with Crippen LogP contribution < -0.4 is 11.1 Å². The Morgan fingerprint density at radius 1 is 1.14 bits per heavy atom. The van der Waals surface area contributed by atoms with Crippen molar-refractivity contribution in [2.24, 2.45) is 17.6 Å². The predicted molar refractivity (Wildman–Crippen MR) is 86.1 cm³/mol. The van der Waals surface area contributed by atoms with Crippen molar-refractivity contribution in [3.8, 4) is 0 Å². The zero-order chi connectivity index (χ0) is 15.8. The molecular formula is C16H33N3O2. The number of amides is 1. The number of ether oxygens (including phenoxy) is 1. The van der Waals surface area contributed by atoms with Gasteiger partial charge in [-0.25, -0.2) is 0 Å². The van der Waals surface area contributed by atoms with Crippen LogP contribution >= 0.6 is 0 Å². The maximum atomic E-state index is 12.1. The summed E-state index contributed by atoms with van der Waals surface area (Å²) in [6.07, 6.45) is 1.82. The molecule has 0 spiro atoms. The molecule has 0 aromatic carbocycles.